The van der Waals surface area contributed by atoms with Crippen LogP contribution in [0.15, 0.2) is 18.5 Å². The second-order valence-electron chi connectivity index (χ2n) is 3.85. The van der Waals surface area contributed by atoms with Crippen molar-refractivity contribution in [1.82, 2.24) is 4.98 Å². The first kappa shape index (κ1) is 11.3. The van der Waals surface area contributed by atoms with Crippen molar-refractivity contribution in [2.75, 3.05) is 25.1 Å². The van der Waals surface area contributed by atoms with Gasteiger partial charge in [0.15, 0.2) is 0 Å². The monoisotopic (exact) mass is 237 g/mol. The van der Waals surface area contributed by atoms with Crippen LogP contribution in [-0.2, 0) is 4.74 Å². The van der Waals surface area contributed by atoms with Gasteiger partial charge in [0.1, 0.15) is 4.99 Å². The van der Waals surface area contributed by atoms with Gasteiger partial charge in [0.25, 0.3) is 0 Å². The topological polar surface area (TPSA) is 51.4 Å². The van der Waals surface area contributed by atoms with E-state index < -0.39 is 0 Å². The zero-order chi connectivity index (χ0) is 11.5. The van der Waals surface area contributed by atoms with Gasteiger partial charge in [-0.25, -0.2) is 0 Å². The molecular weight excluding hydrogens is 222 g/mol. The quantitative estimate of drug-likeness (QED) is 0.793. The number of aromatic nitrogens is 1. The summed E-state index contributed by atoms with van der Waals surface area (Å²) in [5.74, 6) is 0. The fraction of sp³-hybridized carbons (Fsp3) is 0.455. The minimum absolute atomic E-state index is 0.291. The van der Waals surface area contributed by atoms with Crippen molar-refractivity contribution in [3.8, 4) is 0 Å². The molecule has 16 heavy (non-hydrogen) atoms. The maximum atomic E-state index is 5.70. The normalized spacial score (nSPS) is 20.1. The summed E-state index contributed by atoms with van der Waals surface area (Å²) in [5.41, 5.74) is 7.59. The first-order valence-electron chi connectivity index (χ1n) is 5.24. The molecule has 2 N–H and O–H groups in total. The summed E-state index contributed by atoms with van der Waals surface area (Å²) in [6, 6.07) is 1.86. The van der Waals surface area contributed by atoms with Crippen molar-refractivity contribution in [3.63, 3.8) is 0 Å². The third-order valence-corrected chi connectivity index (χ3v) is 3.10. The van der Waals surface area contributed by atoms with E-state index in [2.05, 4.69) is 9.88 Å². The average molecular weight is 237 g/mol. The van der Waals surface area contributed by atoms with Crippen LogP contribution in [0.5, 0.6) is 0 Å². The van der Waals surface area contributed by atoms with Crippen LogP contribution in [0.4, 0.5) is 5.69 Å². The average Bonchev–Trinajstić information content (AvgIpc) is 2.77. The number of methoxy groups -OCH3 is 1. The number of hydrogen-bond donors (Lipinski definition) is 1. The molecule has 1 aliphatic heterocycles. The number of pyridine rings is 1. The molecule has 1 unspecified atom stereocenters. The molecule has 1 fully saturated rings. The molecule has 86 valence electrons. The predicted molar refractivity (Wildman–Crippen MR) is 67.8 cm³/mol. The van der Waals surface area contributed by atoms with Crippen molar-refractivity contribution in [2.45, 2.75) is 12.5 Å². The molecule has 1 atom stereocenters. The second kappa shape index (κ2) is 4.76. The highest BCUT2D eigenvalue weighted by atomic mass is 32.1. The summed E-state index contributed by atoms with van der Waals surface area (Å²) in [6.07, 6.45) is 4.84. The molecule has 4 nitrogen and oxygen atoms in total. The highest BCUT2D eigenvalue weighted by Crippen LogP contribution is 2.24. The van der Waals surface area contributed by atoms with Crippen molar-refractivity contribution < 1.29 is 4.74 Å². The molecule has 0 bridgehead atoms. The number of nitrogens with two attached hydrogens (primary N) is 1. The highest BCUT2D eigenvalue weighted by molar-refractivity contribution is 7.80. The van der Waals surface area contributed by atoms with Gasteiger partial charge in [-0.05, 0) is 12.5 Å². The van der Waals surface area contributed by atoms with Crippen LogP contribution in [0.2, 0.25) is 0 Å². The Morgan fingerprint density at radius 3 is 3.12 bits per heavy atom. The van der Waals surface area contributed by atoms with Crippen molar-refractivity contribution in [3.05, 3.63) is 24.0 Å². The molecule has 5 heteroatoms. The first-order chi connectivity index (χ1) is 7.72. The Balaban J connectivity index is 2.24. The standard InChI is InChI=1S/C11H15N3OS/c1-15-8-3-5-14(7-8)10-6-13-4-2-9(10)11(12)16/h2,4,6,8H,3,5,7H2,1H3,(H2,12,16). The van der Waals surface area contributed by atoms with E-state index in [-0.39, 0.29) is 0 Å². The molecule has 0 saturated carbocycles. The van der Waals surface area contributed by atoms with E-state index in [1.54, 1.807) is 13.3 Å². The zero-order valence-corrected chi connectivity index (χ0v) is 10.0. The number of anilines is 1. The number of thiocarbonyl (C=S) groups is 1. The summed E-state index contributed by atoms with van der Waals surface area (Å²) < 4.78 is 5.34. The maximum absolute atomic E-state index is 5.70. The number of nitrogens with zero attached hydrogens (tertiary/aromatic N) is 2. The third-order valence-electron chi connectivity index (χ3n) is 2.88. The number of hydrogen-bond acceptors (Lipinski definition) is 4. The van der Waals surface area contributed by atoms with Gasteiger partial charge < -0.3 is 15.4 Å². The number of rotatable bonds is 3. The van der Waals surface area contributed by atoms with Crippen molar-refractivity contribution in [1.29, 1.82) is 0 Å². The molecule has 0 spiro atoms. The Hall–Kier alpha value is -1.20. The highest BCUT2D eigenvalue weighted by Gasteiger charge is 2.24. The fourth-order valence-electron chi connectivity index (χ4n) is 1.99. The fourth-order valence-corrected chi connectivity index (χ4v) is 2.16. The Morgan fingerprint density at radius 2 is 2.50 bits per heavy atom. The largest absolute Gasteiger partial charge is 0.389 e. The molecule has 0 aromatic carbocycles. The molecule has 1 aromatic rings. The molecule has 0 aliphatic carbocycles. The van der Waals surface area contributed by atoms with E-state index in [0.717, 1.165) is 30.8 Å². The van der Waals surface area contributed by atoms with Crippen LogP contribution in [0.1, 0.15) is 12.0 Å². The van der Waals surface area contributed by atoms with Gasteiger partial charge in [-0.15, -0.1) is 0 Å². The molecule has 1 saturated heterocycles. The van der Waals surface area contributed by atoms with Gasteiger partial charge in [-0.1, -0.05) is 12.2 Å². The number of ether oxygens (including phenoxy) is 1. The van der Waals surface area contributed by atoms with Crippen molar-refractivity contribution in [2.24, 2.45) is 5.73 Å². The van der Waals surface area contributed by atoms with Crippen LogP contribution < -0.4 is 10.6 Å². The Morgan fingerprint density at radius 1 is 1.69 bits per heavy atom. The van der Waals surface area contributed by atoms with E-state index >= 15 is 0 Å². The summed E-state index contributed by atoms with van der Waals surface area (Å²) >= 11 is 5.03. The van der Waals surface area contributed by atoms with E-state index in [0.29, 0.717) is 11.1 Å². The minimum Gasteiger partial charge on any atom is -0.389 e. The SMILES string of the molecule is COC1CCN(c2cnccc2C(N)=S)C1. The van der Waals surface area contributed by atoms with E-state index in [4.69, 9.17) is 22.7 Å². The van der Waals surface area contributed by atoms with Crippen molar-refractivity contribution >= 4 is 22.9 Å². The lowest BCUT2D eigenvalue weighted by Gasteiger charge is -2.20. The van der Waals surface area contributed by atoms with E-state index in [9.17, 15) is 0 Å². The molecule has 2 rings (SSSR count). The van der Waals surface area contributed by atoms with Crippen LogP contribution in [0.3, 0.4) is 0 Å². The van der Waals surface area contributed by atoms with Gasteiger partial charge in [0.2, 0.25) is 0 Å². The molecule has 1 aliphatic rings. The summed E-state index contributed by atoms with van der Waals surface area (Å²) in [5, 5.41) is 0. The third kappa shape index (κ3) is 2.15. The van der Waals surface area contributed by atoms with E-state index in [1.165, 1.54) is 0 Å². The van der Waals surface area contributed by atoms with Crippen LogP contribution in [0.25, 0.3) is 0 Å². The maximum Gasteiger partial charge on any atom is 0.106 e. The lowest BCUT2D eigenvalue weighted by Crippen LogP contribution is -2.25. The lowest BCUT2D eigenvalue weighted by molar-refractivity contribution is 0.121. The Labute approximate surface area is 100 Å². The van der Waals surface area contributed by atoms with Gasteiger partial charge in [-0.3, -0.25) is 4.98 Å². The second-order valence-corrected chi connectivity index (χ2v) is 4.29. The Bertz CT molecular complexity index is 397. The molecule has 0 amide bonds. The summed E-state index contributed by atoms with van der Waals surface area (Å²) in [6.45, 7) is 1.83. The van der Waals surface area contributed by atoms with Gasteiger partial charge in [-0.2, -0.15) is 0 Å². The molecule has 2 heterocycles. The van der Waals surface area contributed by atoms with Gasteiger partial charge in [0.05, 0.1) is 18.0 Å². The van der Waals surface area contributed by atoms with Crippen LogP contribution in [0, 0.1) is 0 Å². The minimum atomic E-state index is 0.291. The Kier molecular flexibility index (Phi) is 3.36. The smallest absolute Gasteiger partial charge is 0.106 e. The lowest BCUT2D eigenvalue weighted by atomic mass is 10.2. The van der Waals surface area contributed by atoms with Crippen LogP contribution >= 0.6 is 12.2 Å². The van der Waals surface area contributed by atoms with Crippen LogP contribution in [-0.4, -0.2) is 36.3 Å². The van der Waals surface area contributed by atoms with Gasteiger partial charge in [0, 0.05) is 32.0 Å². The molecule has 1 aromatic heterocycles. The summed E-state index contributed by atoms with van der Waals surface area (Å²) in [4.78, 5) is 6.76. The first-order valence-corrected chi connectivity index (χ1v) is 5.64. The summed E-state index contributed by atoms with van der Waals surface area (Å²) in [7, 11) is 1.74. The zero-order valence-electron chi connectivity index (χ0n) is 9.22. The van der Waals surface area contributed by atoms with Gasteiger partial charge >= 0.3 is 0 Å². The molecular formula is C11H15N3OS. The van der Waals surface area contributed by atoms with E-state index in [1.807, 2.05) is 12.3 Å². The predicted octanol–water partition coefficient (Wildman–Crippen LogP) is 0.941. The molecule has 0 radical (unpaired) electrons.